The molecule has 0 unspecified atom stereocenters. The van der Waals surface area contributed by atoms with Crippen molar-refractivity contribution in [2.75, 3.05) is 7.05 Å². The largest absolute Gasteiger partial charge is 0.436 e. The first-order valence-electron chi connectivity index (χ1n) is 6.99. The van der Waals surface area contributed by atoms with Gasteiger partial charge in [-0.2, -0.15) is 23.4 Å². The number of carbonyl (C=O) groups excluding carboxylic acids is 1. The van der Waals surface area contributed by atoms with Crippen molar-refractivity contribution < 1.29 is 18.0 Å². The lowest BCUT2D eigenvalue weighted by Gasteiger charge is -2.18. The molecule has 6 nitrogen and oxygen atoms in total. The summed E-state index contributed by atoms with van der Waals surface area (Å²) in [4.78, 5) is 13.8. The lowest BCUT2D eigenvalue weighted by molar-refractivity contribution is -0.141. The van der Waals surface area contributed by atoms with Gasteiger partial charge in [-0.25, -0.2) is 0 Å². The van der Waals surface area contributed by atoms with Gasteiger partial charge in [0.15, 0.2) is 5.69 Å². The van der Waals surface area contributed by atoms with Crippen LogP contribution in [0.15, 0.2) is 0 Å². The topological polar surface area (TPSA) is 56.0 Å². The number of carbonyl (C=O) groups is 1. The third-order valence-corrected chi connectivity index (χ3v) is 4.22. The Morgan fingerprint density at radius 3 is 2.21 bits per heavy atom. The van der Waals surface area contributed by atoms with Gasteiger partial charge in [-0.3, -0.25) is 14.2 Å². The van der Waals surface area contributed by atoms with Crippen LogP contribution in [0.4, 0.5) is 13.2 Å². The summed E-state index contributed by atoms with van der Waals surface area (Å²) >= 11 is 5.76. The van der Waals surface area contributed by atoms with Crippen molar-refractivity contribution in [3.8, 4) is 0 Å². The van der Waals surface area contributed by atoms with Crippen molar-refractivity contribution in [3.63, 3.8) is 0 Å². The van der Waals surface area contributed by atoms with Crippen LogP contribution in [0.3, 0.4) is 0 Å². The zero-order valence-electron chi connectivity index (χ0n) is 13.9. The molecule has 0 radical (unpaired) electrons. The van der Waals surface area contributed by atoms with Crippen LogP contribution in [0.5, 0.6) is 0 Å². The standard InChI is InChI=1S/C14H17ClF3N5O/c1-7-9(8(2)22(4)19-7)6-21(3)13(24)11-10(15)12(14(16,17)18)20-23(11)5/h6H2,1-5H3. The Kier molecular flexibility index (Phi) is 4.67. The predicted octanol–water partition coefficient (Wildman–Crippen LogP) is 2.71. The van der Waals surface area contributed by atoms with E-state index in [9.17, 15) is 18.0 Å². The molecule has 10 heteroatoms. The van der Waals surface area contributed by atoms with E-state index in [1.807, 2.05) is 6.92 Å². The van der Waals surface area contributed by atoms with Crippen molar-refractivity contribution >= 4 is 17.5 Å². The molecule has 0 saturated carbocycles. The van der Waals surface area contributed by atoms with E-state index in [4.69, 9.17) is 11.6 Å². The van der Waals surface area contributed by atoms with Gasteiger partial charge in [0.2, 0.25) is 0 Å². The molecule has 132 valence electrons. The summed E-state index contributed by atoms with van der Waals surface area (Å²) in [6.45, 7) is 3.86. The Bertz CT molecular complexity index is 793. The average molecular weight is 364 g/mol. The second-order valence-electron chi connectivity index (χ2n) is 5.57. The summed E-state index contributed by atoms with van der Waals surface area (Å²) in [7, 11) is 4.52. The molecule has 2 rings (SSSR count). The highest BCUT2D eigenvalue weighted by Crippen LogP contribution is 2.35. The number of hydrogen-bond acceptors (Lipinski definition) is 3. The highest BCUT2D eigenvalue weighted by molar-refractivity contribution is 6.34. The average Bonchev–Trinajstić information content (AvgIpc) is 2.88. The van der Waals surface area contributed by atoms with Gasteiger partial charge in [0.05, 0.1) is 5.69 Å². The van der Waals surface area contributed by atoms with Crippen LogP contribution in [0.1, 0.15) is 33.1 Å². The normalized spacial score (nSPS) is 11.9. The molecule has 0 aliphatic carbocycles. The third kappa shape index (κ3) is 3.12. The van der Waals surface area contributed by atoms with Crippen LogP contribution >= 0.6 is 11.6 Å². The Morgan fingerprint density at radius 2 is 1.79 bits per heavy atom. The van der Waals surface area contributed by atoms with E-state index < -0.39 is 22.8 Å². The van der Waals surface area contributed by atoms with Crippen molar-refractivity contribution in [1.29, 1.82) is 0 Å². The molecule has 2 heterocycles. The summed E-state index contributed by atoms with van der Waals surface area (Å²) in [6, 6.07) is 0. The maximum absolute atomic E-state index is 12.9. The fourth-order valence-corrected chi connectivity index (χ4v) is 2.80. The van der Waals surface area contributed by atoms with Gasteiger partial charge < -0.3 is 4.90 Å². The van der Waals surface area contributed by atoms with Crippen molar-refractivity contribution in [2.45, 2.75) is 26.6 Å². The minimum Gasteiger partial charge on any atom is -0.336 e. The van der Waals surface area contributed by atoms with E-state index in [-0.39, 0.29) is 12.2 Å². The van der Waals surface area contributed by atoms with Gasteiger partial charge in [-0.05, 0) is 13.8 Å². The molecule has 0 aliphatic heterocycles. The van der Waals surface area contributed by atoms with E-state index in [1.165, 1.54) is 19.0 Å². The first kappa shape index (κ1) is 18.3. The lowest BCUT2D eigenvalue weighted by atomic mass is 10.2. The van der Waals surface area contributed by atoms with Crippen LogP contribution in [0, 0.1) is 13.8 Å². The van der Waals surface area contributed by atoms with Crippen LogP contribution in [0.2, 0.25) is 5.02 Å². The molecule has 0 atom stereocenters. The van der Waals surface area contributed by atoms with Gasteiger partial charge in [0.25, 0.3) is 5.91 Å². The fourth-order valence-electron chi connectivity index (χ4n) is 2.45. The smallest absolute Gasteiger partial charge is 0.336 e. The van der Waals surface area contributed by atoms with Gasteiger partial charge in [-0.15, -0.1) is 0 Å². The van der Waals surface area contributed by atoms with Gasteiger partial charge >= 0.3 is 6.18 Å². The van der Waals surface area contributed by atoms with Crippen LogP contribution in [0.25, 0.3) is 0 Å². The summed E-state index contributed by atoms with van der Waals surface area (Å²) in [5.74, 6) is -0.645. The molecule has 0 bridgehead atoms. The van der Waals surface area contributed by atoms with Gasteiger partial charge in [0.1, 0.15) is 10.7 Å². The molecule has 0 spiro atoms. The van der Waals surface area contributed by atoms with Crippen LogP contribution < -0.4 is 0 Å². The number of alkyl halides is 3. The zero-order valence-corrected chi connectivity index (χ0v) is 14.6. The number of hydrogen-bond donors (Lipinski definition) is 0. The number of halogens is 4. The zero-order chi connectivity index (χ0) is 18.4. The minimum atomic E-state index is -4.72. The molecule has 1 amide bonds. The van der Waals surface area contributed by atoms with E-state index in [2.05, 4.69) is 10.2 Å². The number of amides is 1. The van der Waals surface area contributed by atoms with E-state index in [0.29, 0.717) is 0 Å². The Balaban J connectivity index is 2.34. The number of rotatable bonds is 3. The molecule has 0 saturated heterocycles. The first-order valence-corrected chi connectivity index (χ1v) is 7.37. The SMILES string of the molecule is Cc1nn(C)c(C)c1CN(C)C(=O)c1c(Cl)c(C(F)(F)F)nn1C. The maximum Gasteiger partial charge on any atom is 0.436 e. The van der Waals surface area contributed by atoms with Crippen molar-refractivity contribution in [1.82, 2.24) is 24.5 Å². The summed E-state index contributed by atoms with van der Waals surface area (Å²) in [5.41, 5.74) is 0.895. The molecule has 0 aromatic carbocycles. The highest BCUT2D eigenvalue weighted by atomic mass is 35.5. The fraction of sp³-hybridized carbons (Fsp3) is 0.500. The lowest BCUT2D eigenvalue weighted by Crippen LogP contribution is -2.28. The van der Waals surface area contributed by atoms with Crippen molar-refractivity contribution in [2.24, 2.45) is 14.1 Å². The number of nitrogens with zero attached hydrogens (tertiary/aromatic N) is 5. The van der Waals surface area contributed by atoms with E-state index in [1.54, 1.807) is 18.7 Å². The Morgan fingerprint density at radius 1 is 1.21 bits per heavy atom. The van der Waals surface area contributed by atoms with E-state index >= 15 is 0 Å². The summed E-state index contributed by atoms with van der Waals surface area (Å²) < 4.78 is 41.1. The van der Waals surface area contributed by atoms with Crippen LogP contribution in [-0.4, -0.2) is 37.4 Å². The van der Waals surface area contributed by atoms with Gasteiger partial charge in [0, 0.05) is 38.9 Å². The quantitative estimate of drug-likeness (QED) is 0.842. The van der Waals surface area contributed by atoms with E-state index in [0.717, 1.165) is 21.6 Å². The molecule has 0 N–H and O–H groups in total. The molecular weight excluding hydrogens is 347 g/mol. The molecule has 2 aromatic heterocycles. The Labute approximate surface area is 141 Å². The highest BCUT2D eigenvalue weighted by Gasteiger charge is 2.40. The van der Waals surface area contributed by atoms with Gasteiger partial charge in [-0.1, -0.05) is 11.6 Å². The predicted molar refractivity (Wildman–Crippen MR) is 81.7 cm³/mol. The molecular formula is C14H17ClF3N5O. The summed E-state index contributed by atoms with van der Waals surface area (Å²) in [6.07, 6.45) is -4.72. The third-order valence-electron chi connectivity index (χ3n) is 3.86. The molecule has 24 heavy (non-hydrogen) atoms. The van der Waals surface area contributed by atoms with Crippen LogP contribution in [-0.2, 0) is 26.8 Å². The number of aromatic nitrogens is 4. The minimum absolute atomic E-state index is 0.202. The second kappa shape index (κ2) is 6.12. The monoisotopic (exact) mass is 363 g/mol. The van der Waals surface area contributed by atoms with Crippen molar-refractivity contribution in [3.05, 3.63) is 33.4 Å². The molecule has 0 aliphatic rings. The first-order chi connectivity index (χ1) is 10.9. The second-order valence-corrected chi connectivity index (χ2v) is 5.94. The maximum atomic E-state index is 12.9. The molecule has 0 fully saturated rings. The Hall–Kier alpha value is -2.03. The number of aryl methyl sites for hydroxylation is 3. The molecule has 2 aromatic rings. The summed E-state index contributed by atoms with van der Waals surface area (Å²) in [5, 5.41) is 6.89.